The minimum atomic E-state index is -0.236. The first-order chi connectivity index (χ1) is 18.4. The van der Waals surface area contributed by atoms with Crippen molar-refractivity contribution in [2.24, 2.45) is 5.92 Å². The molecule has 200 valence electrons. The summed E-state index contributed by atoms with van der Waals surface area (Å²) in [5.41, 5.74) is 2.20. The summed E-state index contributed by atoms with van der Waals surface area (Å²) >= 11 is 6.18. The smallest absolute Gasteiger partial charge is 0.255 e. The highest BCUT2D eigenvalue weighted by Gasteiger charge is 2.29. The van der Waals surface area contributed by atoms with Crippen molar-refractivity contribution in [1.82, 2.24) is 34.8 Å². The minimum absolute atomic E-state index is 0.0237. The number of halogens is 1. The molecular formula is C27H32ClN7O3. The highest BCUT2D eigenvalue weighted by molar-refractivity contribution is 6.31. The number of ether oxygens (including phenoxy) is 1. The van der Waals surface area contributed by atoms with Gasteiger partial charge >= 0.3 is 0 Å². The van der Waals surface area contributed by atoms with Gasteiger partial charge in [-0.2, -0.15) is 10.2 Å². The summed E-state index contributed by atoms with van der Waals surface area (Å²) in [6, 6.07) is 7.07. The van der Waals surface area contributed by atoms with Gasteiger partial charge in [0, 0.05) is 29.6 Å². The highest BCUT2D eigenvalue weighted by atomic mass is 35.5. The summed E-state index contributed by atoms with van der Waals surface area (Å²) in [6.45, 7) is 4.34. The number of nitrogens with zero attached hydrogens (tertiary/aromatic N) is 6. The van der Waals surface area contributed by atoms with Crippen LogP contribution in [0.25, 0.3) is 16.9 Å². The lowest BCUT2D eigenvalue weighted by Crippen LogP contribution is -2.39. The summed E-state index contributed by atoms with van der Waals surface area (Å²) in [4.78, 5) is 24.3. The first-order valence-corrected chi connectivity index (χ1v) is 13.4. The Balaban J connectivity index is 1.42. The van der Waals surface area contributed by atoms with Crippen LogP contribution >= 0.6 is 11.6 Å². The Morgan fingerprint density at radius 3 is 2.82 bits per heavy atom. The monoisotopic (exact) mass is 537 g/mol. The van der Waals surface area contributed by atoms with E-state index >= 15 is 0 Å². The van der Waals surface area contributed by atoms with Crippen LogP contribution in [0.4, 0.5) is 0 Å². The van der Waals surface area contributed by atoms with Gasteiger partial charge in [0.2, 0.25) is 0 Å². The van der Waals surface area contributed by atoms with Gasteiger partial charge in [-0.1, -0.05) is 25.4 Å². The molecule has 1 fully saturated rings. The molecule has 2 atom stereocenters. The first-order valence-electron chi connectivity index (χ1n) is 13.0. The predicted molar refractivity (Wildman–Crippen MR) is 144 cm³/mol. The number of benzene rings is 1. The van der Waals surface area contributed by atoms with E-state index in [0.29, 0.717) is 28.1 Å². The van der Waals surface area contributed by atoms with E-state index in [4.69, 9.17) is 26.4 Å². The summed E-state index contributed by atoms with van der Waals surface area (Å²) in [7, 11) is 0. The second-order valence-corrected chi connectivity index (χ2v) is 10.5. The molecule has 11 heteroatoms. The number of nitrogens with one attached hydrogen (secondary N) is 1. The van der Waals surface area contributed by atoms with Crippen LogP contribution in [0.15, 0.2) is 42.9 Å². The molecule has 3 aromatic heterocycles. The van der Waals surface area contributed by atoms with Crippen LogP contribution in [0, 0.1) is 5.92 Å². The van der Waals surface area contributed by atoms with E-state index in [2.05, 4.69) is 38.9 Å². The van der Waals surface area contributed by atoms with Gasteiger partial charge in [-0.15, -0.1) is 4.80 Å². The molecule has 0 radical (unpaired) electrons. The lowest BCUT2D eigenvalue weighted by Gasteiger charge is -2.32. The fraction of sp³-hybridized carbons (Fsp3) is 0.444. The van der Waals surface area contributed by atoms with Gasteiger partial charge < -0.3 is 19.7 Å². The third-order valence-corrected chi connectivity index (χ3v) is 6.97. The zero-order valence-electron chi connectivity index (χ0n) is 21.5. The fourth-order valence-corrected chi connectivity index (χ4v) is 5.32. The van der Waals surface area contributed by atoms with Crippen LogP contribution in [-0.2, 0) is 6.42 Å². The highest BCUT2D eigenvalue weighted by Crippen LogP contribution is 2.34. The van der Waals surface area contributed by atoms with Gasteiger partial charge in [0.15, 0.2) is 5.82 Å². The Bertz CT molecular complexity index is 1400. The number of carbonyl (C=O) groups is 1. The standard InChI is InChI=1S/C27H32ClN7O3/c1-17(2)12-26-33-22-16-29-25(35-30-8-9-31-35)15-23(22)34(26)20-5-3-4-19(14-20)32-27(37)21-13-18(28)6-7-24(21)38-11-10-36/h6-9,13,15-17,19-20,36H,3-5,10-12,14H2,1-2H3,(H,32,37)/t19-,20+/m0/s1. The molecule has 0 spiro atoms. The maximum atomic E-state index is 13.3. The summed E-state index contributed by atoms with van der Waals surface area (Å²) in [5, 5.41) is 21.3. The van der Waals surface area contributed by atoms with E-state index in [1.807, 2.05) is 6.07 Å². The van der Waals surface area contributed by atoms with Crippen molar-refractivity contribution >= 4 is 28.5 Å². The Morgan fingerprint density at radius 1 is 1.24 bits per heavy atom. The number of pyridine rings is 1. The van der Waals surface area contributed by atoms with E-state index < -0.39 is 0 Å². The molecule has 1 aromatic carbocycles. The number of hydrogen-bond acceptors (Lipinski definition) is 7. The maximum Gasteiger partial charge on any atom is 0.255 e. The molecule has 1 aliphatic rings. The molecule has 1 aliphatic carbocycles. The van der Waals surface area contributed by atoms with Gasteiger partial charge in [0.05, 0.1) is 36.3 Å². The normalized spacial score (nSPS) is 17.7. The predicted octanol–water partition coefficient (Wildman–Crippen LogP) is 4.15. The average Bonchev–Trinajstić information content (AvgIpc) is 3.55. The molecule has 0 bridgehead atoms. The van der Waals surface area contributed by atoms with Gasteiger partial charge in [0.25, 0.3) is 5.91 Å². The number of aromatic nitrogens is 6. The third kappa shape index (κ3) is 5.66. The summed E-state index contributed by atoms with van der Waals surface area (Å²) in [6.07, 6.45) is 9.49. The molecular weight excluding hydrogens is 506 g/mol. The number of imidazole rings is 1. The minimum Gasteiger partial charge on any atom is -0.490 e. The van der Waals surface area contributed by atoms with Crippen LogP contribution in [0.2, 0.25) is 5.02 Å². The van der Waals surface area contributed by atoms with Crippen LogP contribution in [-0.4, -0.2) is 59.8 Å². The van der Waals surface area contributed by atoms with Gasteiger partial charge in [-0.25, -0.2) is 9.97 Å². The van der Waals surface area contributed by atoms with Crippen molar-refractivity contribution in [3.05, 3.63) is 59.3 Å². The largest absolute Gasteiger partial charge is 0.490 e. The number of aliphatic hydroxyl groups is 1. The van der Waals surface area contributed by atoms with Crippen LogP contribution < -0.4 is 10.1 Å². The summed E-state index contributed by atoms with van der Waals surface area (Å²) < 4.78 is 7.91. The molecule has 1 amide bonds. The number of hydrogen-bond donors (Lipinski definition) is 2. The molecule has 0 saturated heterocycles. The molecule has 2 N–H and O–H groups in total. The van der Waals surface area contributed by atoms with Crippen molar-refractivity contribution < 1.29 is 14.6 Å². The Hall–Kier alpha value is -3.50. The van der Waals surface area contributed by atoms with Crippen molar-refractivity contribution in [3.63, 3.8) is 0 Å². The van der Waals surface area contributed by atoms with Crippen LogP contribution in [0.3, 0.4) is 0 Å². The van der Waals surface area contributed by atoms with Crippen LogP contribution in [0.5, 0.6) is 5.75 Å². The van der Waals surface area contributed by atoms with E-state index in [9.17, 15) is 4.79 Å². The lowest BCUT2D eigenvalue weighted by atomic mass is 9.90. The van der Waals surface area contributed by atoms with E-state index in [1.54, 1.807) is 36.8 Å². The van der Waals surface area contributed by atoms with Gasteiger partial charge in [-0.05, 0) is 49.8 Å². The molecule has 0 aliphatic heterocycles. The van der Waals surface area contributed by atoms with Gasteiger partial charge in [0.1, 0.15) is 23.7 Å². The number of rotatable bonds is 9. The van der Waals surface area contributed by atoms with Crippen molar-refractivity contribution in [2.45, 2.75) is 58.0 Å². The fourth-order valence-electron chi connectivity index (χ4n) is 5.15. The van der Waals surface area contributed by atoms with E-state index in [1.165, 1.54) is 4.80 Å². The topological polar surface area (TPSA) is 120 Å². The Kier molecular flexibility index (Phi) is 7.90. The molecule has 4 aromatic rings. The second kappa shape index (κ2) is 11.5. The number of aliphatic hydroxyl groups excluding tert-OH is 1. The number of amides is 1. The lowest BCUT2D eigenvalue weighted by molar-refractivity contribution is 0.0915. The zero-order valence-corrected chi connectivity index (χ0v) is 22.3. The van der Waals surface area contributed by atoms with E-state index in [-0.39, 0.29) is 31.2 Å². The number of fused-ring (bicyclic) bond motifs is 1. The number of carbonyl (C=O) groups excluding carboxylic acids is 1. The molecule has 10 nitrogen and oxygen atoms in total. The first kappa shape index (κ1) is 26.1. The van der Waals surface area contributed by atoms with Crippen molar-refractivity contribution in [3.8, 4) is 11.6 Å². The molecule has 0 unspecified atom stereocenters. The Labute approximate surface area is 226 Å². The Morgan fingerprint density at radius 2 is 2.05 bits per heavy atom. The van der Waals surface area contributed by atoms with Crippen molar-refractivity contribution in [2.75, 3.05) is 13.2 Å². The zero-order chi connectivity index (χ0) is 26.6. The molecule has 1 saturated carbocycles. The third-order valence-electron chi connectivity index (χ3n) is 6.73. The quantitative estimate of drug-likeness (QED) is 0.329. The average molecular weight is 538 g/mol. The van der Waals surface area contributed by atoms with E-state index in [0.717, 1.165) is 49.0 Å². The molecule has 3 heterocycles. The second-order valence-electron chi connectivity index (χ2n) is 10.0. The van der Waals surface area contributed by atoms with Gasteiger partial charge in [-0.3, -0.25) is 4.79 Å². The molecule has 38 heavy (non-hydrogen) atoms. The summed E-state index contributed by atoms with van der Waals surface area (Å²) in [5.74, 6) is 2.26. The van der Waals surface area contributed by atoms with Crippen molar-refractivity contribution in [1.29, 1.82) is 0 Å². The molecule has 5 rings (SSSR count). The SMILES string of the molecule is CC(C)Cc1nc2cnc(-n3nccn3)cc2n1[C@@H]1CCC[C@H](NC(=O)c2cc(Cl)ccc2OCCO)C1. The van der Waals surface area contributed by atoms with Crippen LogP contribution in [0.1, 0.15) is 61.8 Å². The maximum absolute atomic E-state index is 13.3.